The molecule has 13 heteroatoms. The highest BCUT2D eigenvalue weighted by Gasteiger charge is 2.35. The highest BCUT2D eigenvalue weighted by atomic mass is 16.5. The SMILES string of the molecule is COC(=O)CCC(NC(=O)c1ccc(NCC2=NC3C(=O)N(C)C(=N)N=C3N=C2)cc1)C(=O)OC. The Morgan fingerprint density at radius 2 is 1.89 bits per heavy atom. The van der Waals surface area contributed by atoms with Crippen LogP contribution in [0.4, 0.5) is 5.69 Å². The second-order valence-electron chi connectivity index (χ2n) is 7.57. The topological polar surface area (TPSA) is 175 Å². The lowest BCUT2D eigenvalue weighted by Crippen LogP contribution is -2.48. The van der Waals surface area contributed by atoms with Gasteiger partial charge < -0.3 is 20.1 Å². The van der Waals surface area contributed by atoms with E-state index in [0.29, 0.717) is 17.0 Å². The van der Waals surface area contributed by atoms with Crippen molar-refractivity contribution in [3.8, 4) is 0 Å². The van der Waals surface area contributed by atoms with Gasteiger partial charge >= 0.3 is 11.9 Å². The quantitative estimate of drug-likeness (QED) is 0.415. The number of anilines is 1. The summed E-state index contributed by atoms with van der Waals surface area (Å²) >= 11 is 0. The second kappa shape index (κ2) is 11.1. The van der Waals surface area contributed by atoms with E-state index < -0.39 is 29.9 Å². The van der Waals surface area contributed by atoms with E-state index in [1.807, 2.05) is 0 Å². The maximum atomic E-state index is 12.6. The Bertz CT molecular complexity index is 1130. The van der Waals surface area contributed by atoms with Crippen LogP contribution in [-0.4, -0.2) is 92.3 Å². The first kappa shape index (κ1) is 25.2. The smallest absolute Gasteiger partial charge is 0.328 e. The van der Waals surface area contributed by atoms with Crippen LogP contribution in [0.25, 0.3) is 0 Å². The third-order valence-electron chi connectivity index (χ3n) is 5.26. The number of nitrogens with one attached hydrogen (secondary N) is 3. The summed E-state index contributed by atoms with van der Waals surface area (Å²) in [5, 5.41) is 13.4. The summed E-state index contributed by atoms with van der Waals surface area (Å²) < 4.78 is 9.26. The molecule has 2 heterocycles. The standard InChI is InChI=1S/C22H25N7O6/c1-29-20(32)17-18(28-22(29)23)25-11-14(26-17)10-24-13-6-4-12(5-7-13)19(31)27-15(21(33)35-3)8-9-16(30)34-2/h4-7,11,15,17,23-24H,8-10H2,1-3H3,(H,27,31). The number of amidine groups is 1. The molecule has 0 bridgehead atoms. The van der Waals surface area contributed by atoms with Crippen LogP contribution in [0.1, 0.15) is 23.2 Å². The fraction of sp³-hybridized carbons (Fsp3) is 0.364. The average molecular weight is 483 g/mol. The summed E-state index contributed by atoms with van der Waals surface area (Å²) in [4.78, 5) is 61.8. The first-order chi connectivity index (χ1) is 16.7. The molecule has 0 radical (unpaired) electrons. The van der Waals surface area contributed by atoms with Gasteiger partial charge in [0, 0.05) is 24.7 Å². The molecule has 0 saturated heterocycles. The second-order valence-corrected chi connectivity index (χ2v) is 7.57. The Hall–Kier alpha value is -4.42. The minimum Gasteiger partial charge on any atom is -0.469 e. The molecule has 13 nitrogen and oxygen atoms in total. The first-order valence-corrected chi connectivity index (χ1v) is 10.6. The third-order valence-corrected chi connectivity index (χ3v) is 5.26. The molecule has 35 heavy (non-hydrogen) atoms. The van der Waals surface area contributed by atoms with Gasteiger partial charge in [-0.3, -0.25) is 29.7 Å². The van der Waals surface area contributed by atoms with Gasteiger partial charge in [0.25, 0.3) is 11.8 Å². The predicted molar refractivity (Wildman–Crippen MR) is 127 cm³/mol. The number of carbonyl (C=O) groups excluding carboxylic acids is 4. The normalized spacial score (nSPS) is 17.6. The van der Waals surface area contributed by atoms with Crippen molar-refractivity contribution in [2.45, 2.75) is 24.9 Å². The van der Waals surface area contributed by atoms with Crippen LogP contribution < -0.4 is 10.6 Å². The van der Waals surface area contributed by atoms with Crippen molar-refractivity contribution in [1.82, 2.24) is 10.2 Å². The number of guanidine groups is 1. The van der Waals surface area contributed by atoms with Crippen LogP contribution in [-0.2, 0) is 23.9 Å². The number of esters is 2. The zero-order valence-corrected chi connectivity index (χ0v) is 19.4. The molecule has 1 aromatic carbocycles. The Morgan fingerprint density at radius 3 is 2.54 bits per heavy atom. The summed E-state index contributed by atoms with van der Waals surface area (Å²) in [6, 6.07) is 4.61. The van der Waals surface area contributed by atoms with Crippen molar-refractivity contribution in [3.05, 3.63) is 29.8 Å². The number of nitrogens with zero attached hydrogens (tertiary/aromatic N) is 4. The van der Waals surface area contributed by atoms with Gasteiger partial charge in [-0.15, -0.1) is 0 Å². The molecule has 0 spiro atoms. The summed E-state index contributed by atoms with van der Waals surface area (Å²) in [5.41, 5.74) is 1.51. The zero-order chi connectivity index (χ0) is 25.5. The zero-order valence-electron chi connectivity index (χ0n) is 19.4. The summed E-state index contributed by atoms with van der Waals surface area (Å²) in [7, 11) is 3.90. The fourth-order valence-corrected chi connectivity index (χ4v) is 3.22. The van der Waals surface area contributed by atoms with Gasteiger partial charge in [0.15, 0.2) is 11.9 Å². The molecule has 0 aliphatic carbocycles. The number of hydrogen-bond donors (Lipinski definition) is 3. The molecule has 0 aromatic heterocycles. The van der Waals surface area contributed by atoms with Gasteiger partial charge in [0.2, 0.25) is 5.96 Å². The molecule has 2 unspecified atom stereocenters. The Kier molecular flexibility index (Phi) is 8.02. The molecule has 1 aromatic rings. The van der Waals surface area contributed by atoms with Crippen LogP contribution in [0.15, 0.2) is 39.2 Å². The number of hydrogen-bond acceptors (Lipinski definition) is 10. The van der Waals surface area contributed by atoms with Gasteiger partial charge in [-0.05, 0) is 30.7 Å². The van der Waals surface area contributed by atoms with E-state index >= 15 is 0 Å². The van der Waals surface area contributed by atoms with E-state index in [1.54, 1.807) is 24.3 Å². The van der Waals surface area contributed by atoms with E-state index in [-0.39, 0.29) is 37.1 Å². The lowest BCUT2D eigenvalue weighted by atomic mass is 10.1. The van der Waals surface area contributed by atoms with E-state index in [4.69, 9.17) is 10.1 Å². The summed E-state index contributed by atoms with van der Waals surface area (Å²) in [5.74, 6) is -2.03. The Labute approximate surface area is 200 Å². The largest absolute Gasteiger partial charge is 0.469 e. The molecule has 2 atom stereocenters. The van der Waals surface area contributed by atoms with Crippen LogP contribution >= 0.6 is 0 Å². The van der Waals surface area contributed by atoms with E-state index in [2.05, 4.69) is 30.3 Å². The molecular formula is C22H25N7O6. The Balaban J connectivity index is 1.58. The van der Waals surface area contributed by atoms with E-state index in [0.717, 1.165) is 4.90 Å². The van der Waals surface area contributed by atoms with Crippen LogP contribution in [0, 0.1) is 5.41 Å². The first-order valence-electron chi connectivity index (χ1n) is 10.6. The predicted octanol–water partition coefficient (Wildman–Crippen LogP) is 0.0224. The number of methoxy groups -OCH3 is 2. The van der Waals surface area contributed by atoms with Crippen LogP contribution in [0.3, 0.4) is 0 Å². The minimum absolute atomic E-state index is 0.0429. The monoisotopic (exact) mass is 483 g/mol. The molecule has 2 amide bonds. The number of benzene rings is 1. The van der Waals surface area contributed by atoms with E-state index in [1.165, 1.54) is 27.5 Å². The maximum Gasteiger partial charge on any atom is 0.328 e. The lowest BCUT2D eigenvalue weighted by Gasteiger charge is -2.26. The van der Waals surface area contributed by atoms with Gasteiger partial charge in [-0.25, -0.2) is 9.79 Å². The van der Waals surface area contributed by atoms with Gasteiger partial charge in [-0.2, -0.15) is 4.99 Å². The van der Waals surface area contributed by atoms with Crippen molar-refractivity contribution in [2.75, 3.05) is 33.1 Å². The third kappa shape index (κ3) is 6.13. The summed E-state index contributed by atoms with van der Waals surface area (Å²) in [6.07, 6.45) is 1.48. The van der Waals surface area contributed by atoms with Crippen molar-refractivity contribution < 1.29 is 28.7 Å². The Morgan fingerprint density at radius 1 is 1.17 bits per heavy atom. The number of aliphatic imine (C=N–C) groups is 3. The molecule has 3 N–H and O–H groups in total. The molecule has 3 rings (SSSR count). The van der Waals surface area contributed by atoms with E-state index in [9.17, 15) is 19.2 Å². The minimum atomic E-state index is -0.994. The number of carbonyl (C=O) groups is 4. The van der Waals surface area contributed by atoms with Gasteiger partial charge in [-0.1, -0.05) is 0 Å². The fourth-order valence-electron chi connectivity index (χ4n) is 3.22. The van der Waals surface area contributed by atoms with Crippen molar-refractivity contribution in [2.24, 2.45) is 15.0 Å². The molecular weight excluding hydrogens is 458 g/mol. The van der Waals surface area contributed by atoms with Gasteiger partial charge in [0.05, 0.1) is 32.7 Å². The molecule has 2 aliphatic heterocycles. The van der Waals surface area contributed by atoms with Crippen LogP contribution in [0.5, 0.6) is 0 Å². The number of amides is 2. The number of likely N-dealkylation sites (N-methyl/N-ethyl adjacent to an activating group) is 1. The number of fused-ring (bicyclic) bond motifs is 1. The van der Waals surface area contributed by atoms with Crippen molar-refractivity contribution in [3.63, 3.8) is 0 Å². The highest BCUT2D eigenvalue weighted by Crippen LogP contribution is 2.14. The maximum absolute atomic E-state index is 12.6. The van der Waals surface area contributed by atoms with Crippen molar-refractivity contribution >= 4 is 53.2 Å². The average Bonchev–Trinajstić information content (AvgIpc) is 2.88. The number of ether oxygens (including phenoxy) is 2. The molecule has 2 aliphatic rings. The lowest BCUT2D eigenvalue weighted by molar-refractivity contribution is -0.144. The molecule has 0 saturated carbocycles. The molecule has 0 fully saturated rings. The summed E-state index contributed by atoms with van der Waals surface area (Å²) in [6.45, 7) is 0.269. The number of rotatable bonds is 9. The van der Waals surface area contributed by atoms with Crippen molar-refractivity contribution in [1.29, 1.82) is 5.41 Å². The van der Waals surface area contributed by atoms with Gasteiger partial charge in [0.1, 0.15) is 6.04 Å². The highest BCUT2D eigenvalue weighted by molar-refractivity contribution is 6.38. The molecule has 184 valence electrons. The van der Waals surface area contributed by atoms with Crippen LogP contribution in [0.2, 0.25) is 0 Å².